The van der Waals surface area contributed by atoms with Gasteiger partial charge in [-0.3, -0.25) is 0 Å². The molecule has 0 aromatic heterocycles. The van der Waals surface area contributed by atoms with Crippen LogP contribution in [0.1, 0.15) is 79.1 Å². The molecule has 7 rings (SSSR count). The average Bonchev–Trinajstić information content (AvgIpc) is 3.64. The van der Waals surface area contributed by atoms with Gasteiger partial charge in [-0.2, -0.15) is 0 Å². The summed E-state index contributed by atoms with van der Waals surface area (Å²) in [5, 5.41) is 117. The highest BCUT2D eigenvalue weighted by atomic mass is 16.7. The van der Waals surface area contributed by atoms with Gasteiger partial charge in [-0.25, -0.2) is 0 Å². The van der Waals surface area contributed by atoms with E-state index in [9.17, 15) is 56.2 Å². The van der Waals surface area contributed by atoms with Crippen molar-refractivity contribution < 1.29 is 84.6 Å². The number of ether oxygens (including phenoxy) is 6. The highest BCUT2D eigenvalue weighted by molar-refractivity contribution is 5.20. The average molecular weight is 821 g/mol. The summed E-state index contributed by atoms with van der Waals surface area (Å²) in [6.45, 7) is 7.49. The Hall–Kier alpha value is -0.680. The normalized spacial score (nSPS) is 56.7. The van der Waals surface area contributed by atoms with Crippen LogP contribution in [0.25, 0.3) is 0 Å². The van der Waals surface area contributed by atoms with Crippen molar-refractivity contribution in [3.63, 3.8) is 0 Å². The summed E-state index contributed by atoms with van der Waals surface area (Å²) in [5.41, 5.74) is -2.67. The van der Waals surface area contributed by atoms with Crippen molar-refractivity contribution >= 4 is 0 Å². The van der Waals surface area contributed by atoms with E-state index in [1.54, 1.807) is 7.11 Å². The van der Waals surface area contributed by atoms with Crippen molar-refractivity contribution in [3.8, 4) is 0 Å². The monoisotopic (exact) mass is 820 g/mol. The molecule has 0 radical (unpaired) electrons. The Labute approximate surface area is 333 Å². The predicted molar refractivity (Wildman–Crippen MR) is 195 cm³/mol. The van der Waals surface area contributed by atoms with Gasteiger partial charge in [0.2, 0.25) is 0 Å². The predicted octanol–water partition coefficient (Wildman–Crippen LogP) is -1.89. The highest BCUT2D eigenvalue weighted by Crippen LogP contribution is 2.72. The summed E-state index contributed by atoms with van der Waals surface area (Å²) < 4.78 is 36.2. The Kier molecular flexibility index (Phi) is 12.6. The number of fused-ring (bicyclic) bond motifs is 7. The lowest BCUT2D eigenvalue weighted by atomic mass is 9.42. The van der Waals surface area contributed by atoms with Gasteiger partial charge in [-0.05, 0) is 73.5 Å². The maximum Gasteiger partial charge on any atom is 0.187 e. The zero-order valence-corrected chi connectivity index (χ0v) is 33.7. The summed E-state index contributed by atoms with van der Waals surface area (Å²) in [4.78, 5) is 0. The first kappa shape index (κ1) is 44.4. The molecule has 57 heavy (non-hydrogen) atoms. The molecule has 24 atom stereocenters. The molecule has 7 fully saturated rings. The highest BCUT2D eigenvalue weighted by Gasteiger charge is 2.72. The number of rotatable bonds is 11. The van der Waals surface area contributed by atoms with E-state index in [1.807, 2.05) is 13.8 Å². The number of aliphatic hydroxyl groups is 11. The Morgan fingerprint density at radius 2 is 1.40 bits per heavy atom. The van der Waals surface area contributed by atoms with E-state index in [-0.39, 0.29) is 66.5 Å². The second-order valence-corrected chi connectivity index (χ2v) is 19.3. The first-order valence-electron chi connectivity index (χ1n) is 21.0. The molecule has 4 saturated carbocycles. The van der Waals surface area contributed by atoms with Gasteiger partial charge in [0.25, 0.3) is 0 Å². The first-order valence-corrected chi connectivity index (χ1v) is 21.0. The van der Waals surface area contributed by atoms with E-state index in [4.69, 9.17) is 28.4 Å². The van der Waals surface area contributed by atoms with Crippen LogP contribution in [-0.4, -0.2) is 180 Å². The van der Waals surface area contributed by atoms with Gasteiger partial charge in [-0.1, -0.05) is 27.7 Å². The van der Waals surface area contributed by atoms with Gasteiger partial charge in [0.05, 0.1) is 49.8 Å². The molecule has 0 spiro atoms. The van der Waals surface area contributed by atoms with Gasteiger partial charge in [0, 0.05) is 31.3 Å². The van der Waals surface area contributed by atoms with Crippen molar-refractivity contribution in [1.82, 2.24) is 0 Å². The van der Waals surface area contributed by atoms with Gasteiger partial charge in [0.1, 0.15) is 48.8 Å². The van der Waals surface area contributed by atoms with E-state index in [0.717, 1.165) is 19.3 Å². The van der Waals surface area contributed by atoms with Crippen LogP contribution >= 0.6 is 0 Å². The summed E-state index contributed by atoms with van der Waals surface area (Å²) in [6.07, 6.45) is -13.6. The molecule has 330 valence electrons. The number of hydrogen-bond acceptors (Lipinski definition) is 17. The van der Waals surface area contributed by atoms with Crippen LogP contribution in [0.4, 0.5) is 0 Å². The zero-order valence-electron chi connectivity index (χ0n) is 33.7. The molecule has 11 N–H and O–H groups in total. The van der Waals surface area contributed by atoms with Gasteiger partial charge in [0.15, 0.2) is 18.4 Å². The van der Waals surface area contributed by atoms with Crippen LogP contribution in [0.15, 0.2) is 0 Å². The second-order valence-electron chi connectivity index (χ2n) is 19.3. The molecule has 0 bridgehead atoms. The molecule has 7 aliphatic rings. The van der Waals surface area contributed by atoms with Crippen molar-refractivity contribution in [2.24, 2.45) is 46.3 Å². The second kappa shape index (κ2) is 16.2. The van der Waals surface area contributed by atoms with Crippen LogP contribution in [0.5, 0.6) is 0 Å². The van der Waals surface area contributed by atoms with E-state index in [1.165, 1.54) is 0 Å². The maximum atomic E-state index is 12.3. The van der Waals surface area contributed by atoms with E-state index in [0.29, 0.717) is 19.3 Å². The Morgan fingerprint density at radius 3 is 2.02 bits per heavy atom. The molecule has 0 aromatic carbocycles. The molecule has 3 heterocycles. The lowest BCUT2D eigenvalue weighted by Gasteiger charge is -2.66. The molecule has 17 nitrogen and oxygen atoms in total. The fourth-order valence-corrected chi connectivity index (χ4v) is 13.1. The third-order valence-corrected chi connectivity index (χ3v) is 16.4. The summed E-state index contributed by atoms with van der Waals surface area (Å²) in [7, 11) is 1.67. The van der Waals surface area contributed by atoms with Crippen molar-refractivity contribution in [2.75, 3.05) is 26.9 Å². The quantitative estimate of drug-likeness (QED) is 0.102. The molecule has 0 aromatic rings. The van der Waals surface area contributed by atoms with E-state index >= 15 is 0 Å². The standard InChI is InChI=1S/C40H68O17/c1-17(16-53-35-33(49)31(47)29(45)25(14-41)55-35)6-9-40(52-5)18(2)28-23(57-40)11-21-19-10-27(44)39(51)12-22(43)24(13-38(39,4)20(19)7-8-37(21,28)3)54-36-34(50)32(48)30(46)26(15-42)56-36/h17-36,41-51H,6-16H2,1-5H3/t17-,18+,19-,20+,21+,22-,23+,24-,25-,26-,27-,28+,29-,30-,31+,32+,33-,34-,35-,36-,37+,38-,39+,40+/m1/s1. The molecule has 4 aliphatic carbocycles. The fourth-order valence-electron chi connectivity index (χ4n) is 13.1. The largest absolute Gasteiger partial charge is 0.394 e. The Bertz CT molecular complexity index is 1390. The SMILES string of the molecule is CO[C@@]1(CC[C@@H](C)CO[C@@H]2O[C@H](CO)[C@@H](O)[C@H](O)[C@H]2O)O[C@H]2C[C@H]3[C@@H]4C[C@@H](O)[C@@]5(O)C[C@@H](O)[C@H](O[C@@H]6O[C@H](CO)[C@@H](O)[C@H](O)[C@H]6O)C[C@]5(C)[C@H]4CC[C@]3(C)[C@H]2[C@@H]1C. The van der Waals surface area contributed by atoms with Crippen LogP contribution in [-0.2, 0) is 28.4 Å². The smallest absolute Gasteiger partial charge is 0.187 e. The molecule has 0 amide bonds. The Balaban J connectivity index is 1.02. The fraction of sp³-hybridized carbons (Fsp3) is 1.00. The zero-order chi connectivity index (χ0) is 41.6. The molecular formula is C40H68O17. The Morgan fingerprint density at radius 1 is 0.789 bits per heavy atom. The van der Waals surface area contributed by atoms with Crippen LogP contribution < -0.4 is 0 Å². The van der Waals surface area contributed by atoms with Crippen molar-refractivity contribution in [1.29, 1.82) is 0 Å². The van der Waals surface area contributed by atoms with E-state index in [2.05, 4.69) is 13.8 Å². The lowest BCUT2D eigenvalue weighted by molar-refractivity contribution is -0.339. The number of aliphatic hydroxyl groups excluding tert-OH is 10. The van der Waals surface area contributed by atoms with Gasteiger partial charge >= 0.3 is 0 Å². The lowest BCUT2D eigenvalue weighted by Crippen LogP contribution is -2.71. The van der Waals surface area contributed by atoms with Gasteiger partial charge in [-0.15, -0.1) is 0 Å². The minimum absolute atomic E-state index is 0.0137. The third-order valence-electron chi connectivity index (χ3n) is 16.4. The van der Waals surface area contributed by atoms with Crippen LogP contribution in [0.3, 0.4) is 0 Å². The minimum atomic E-state index is -1.64. The number of hydrogen-bond donors (Lipinski definition) is 11. The first-order chi connectivity index (χ1) is 26.8. The molecule has 0 unspecified atom stereocenters. The molecular weight excluding hydrogens is 752 g/mol. The third kappa shape index (κ3) is 7.05. The van der Waals surface area contributed by atoms with Crippen LogP contribution in [0.2, 0.25) is 0 Å². The number of methoxy groups -OCH3 is 1. The molecule has 17 heteroatoms. The summed E-state index contributed by atoms with van der Waals surface area (Å²) >= 11 is 0. The molecule has 3 aliphatic heterocycles. The molecule has 3 saturated heterocycles. The van der Waals surface area contributed by atoms with E-state index < -0.39 is 110 Å². The topological polar surface area (TPSA) is 278 Å². The van der Waals surface area contributed by atoms with Crippen molar-refractivity contribution in [2.45, 2.75) is 176 Å². The van der Waals surface area contributed by atoms with Crippen molar-refractivity contribution in [3.05, 3.63) is 0 Å². The van der Waals surface area contributed by atoms with Crippen LogP contribution in [0, 0.1) is 46.3 Å². The minimum Gasteiger partial charge on any atom is -0.394 e. The maximum absolute atomic E-state index is 12.3. The summed E-state index contributed by atoms with van der Waals surface area (Å²) in [5.74, 6) is -0.546. The summed E-state index contributed by atoms with van der Waals surface area (Å²) in [6, 6.07) is 0. The van der Waals surface area contributed by atoms with Gasteiger partial charge < -0.3 is 84.6 Å².